The van der Waals surface area contributed by atoms with Gasteiger partial charge in [0.05, 0.1) is 29.4 Å². The Morgan fingerprint density at radius 2 is 1.66 bits per heavy atom. The van der Waals surface area contributed by atoms with E-state index in [2.05, 4.69) is 10.6 Å². The summed E-state index contributed by atoms with van der Waals surface area (Å²) in [5.74, 6) is -1.81. The van der Waals surface area contributed by atoms with Gasteiger partial charge in [-0.15, -0.1) is 11.8 Å². The highest BCUT2D eigenvalue weighted by molar-refractivity contribution is 8.00. The number of amides is 4. The van der Waals surface area contributed by atoms with Crippen LogP contribution >= 0.6 is 11.8 Å². The highest BCUT2D eigenvalue weighted by Gasteiger charge is 2.40. The standard InChI is InChI=1S/C33H27N3O7S/c1-2-42-33(41)22-10-14-24(15-11-22)36-29(37)20-28(32(36)40)44-26-16-12-23(13-17-26)34-31(39)27(19-25-9-6-18-43-25)35-30(38)21-7-4-3-5-8-21/h3-19,28H,2,20H2,1H3,(H,34,39)(H,35,38)/b27-19-. The SMILES string of the molecule is CCOC(=O)c1ccc(N2C(=O)CC(Sc3ccc(NC(=O)/C(=C/c4ccco4)NC(=O)c4ccccc4)cc3)C2=O)cc1. The number of thioether (sulfide) groups is 1. The molecule has 2 N–H and O–H groups in total. The van der Waals surface area contributed by atoms with E-state index in [4.69, 9.17) is 9.15 Å². The molecule has 1 unspecified atom stereocenters. The number of esters is 1. The van der Waals surface area contributed by atoms with Crippen LogP contribution in [0.3, 0.4) is 0 Å². The Labute approximate surface area is 257 Å². The summed E-state index contributed by atoms with van der Waals surface area (Å²) in [6.07, 6.45) is 2.91. The number of imide groups is 1. The normalized spacial score (nSPS) is 14.8. The third kappa shape index (κ3) is 7.13. The molecule has 1 aliphatic rings. The zero-order valence-corrected chi connectivity index (χ0v) is 24.3. The van der Waals surface area contributed by atoms with Crippen molar-refractivity contribution in [2.24, 2.45) is 0 Å². The maximum Gasteiger partial charge on any atom is 0.338 e. The summed E-state index contributed by atoms with van der Waals surface area (Å²) in [5.41, 5.74) is 1.54. The molecule has 0 aliphatic carbocycles. The molecule has 5 rings (SSSR count). The van der Waals surface area contributed by atoms with Crippen LogP contribution in [0.4, 0.5) is 11.4 Å². The molecule has 2 heterocycles. The third-order valence-electron chi connectivity index (χ3n) is 6.49. The first-order chi connectivity index (χ1) is 21.3. The quantitative estimate of drug-likeness (QED) is 0.141. The van der Waals surface area contributed by atoms with Crippen molar-refractivity contribution in [3.63, 3.8) is 0 Å². The number of hydrogen-bond acceptors (Lipinski definition) is 8. The number of ether oxygens (including phenoxy) is 1. The van der Waals surface area contributed by atoms with E-state index < -0.39 is 23.0 Å². The smallest absolute Gasteiger partial charge is 0.338 e. The summed E-state index contributed by atoms with van der Waals surface area (Å²) in [7, 11) is 0. The molecule has 3 aromatic carbocycles. The minimum atomic E-state index is -0.635. The summed E-state index contributed by atoms with van der Waals surface area (Å²) in [4.78, 5) is 65.5. The lowest BCUT2D eigenvalue weighted by atomic mass is 10.2. The predicted octanol–water partition coefficient (Wildman–Crippen LogP) is 5.29. The van der Waals surface area contributed by atoms with Crippen LogP contribution in [0.5, 0.6) is 0 Å². The summed E-state index contributed by atoms with van der Waals surface area (Å²) in [5, 5.41) is 4.77. The van der Waals surface area contributed by atoms with Gasteiger partial charge in [0, 0.05) is 28.6 Å². The van der Waals surface area contributed by atoms with Gasteiger partial charge in [0.15, 0.2) is 0 Å². The van der Waals surface area contributed by atoms with Crippen LogP contribution in [-0.4, -0.2) is 41.5 Å². The van der Waals surface area contributed by atoms with E-state index in [1.807, 2.05) is 0 Å². The first-order valence-electron chi connectivity index (χ1n) is 13.7. The molecule has 4 aromatic rings. The van der Waals surface area contributed by atoms with Gasteiger partial charge in [-0.05, 0) is 79.7 Å². The molecule has 1 aromatic heterocycles. The van der Waals surface area contributed by atoms with Crippen molar-refractivity contribution in [1.29, 1.82) is 0 Å². The first kappa shape index (κ1) is 30.1. The second kappa shape index (κ2) is 13.7. The zero-order valence-electron chi connectivity index (χ0n) is 23.5. The number of carbonyl (C=O) groups excluding carboxylic acids is 5. The lowest BCUT2D eigenvalue weighted by molar-refractivity contribution is -0.121. The Bertz CT molecular complexity index is 1700. The van der Waals surface area contributed by atoms with E-state index in [0.717, 1.165) is 9.80 Å². The minimum absolute atomic E-state index is 0.0160. The Kier molecular flexibility index (Phi) is 9.36. The molecule has 1 aliphatic heterocycles. The van der Waals surface area contributed by atoms with Gasteiger partial charge in [-0.25, -0.2) is 9.69 Å². The van der Waals surface area contributed by atoms with Crippen molar-refractivity contribution in [2.75, 3.05) is 16.8 Å². The first-order valence-corrected chi connectivity index (χ1v) is 14.5. The number of nitrogens with one attached hydrogen (secondary N) is 2. The fraction of sp³-hybridized carbons (Fsp3) is 0.121. The van der Waals surface area contributed by atoms with Crippen molar-refractivity contribution in [2.45, 2.75) is 23.5 Å². The number of benzene rings is 3. The molecule has 44 heavy (non-hydrogen) atoms. The van der Waals surface area contributed by atoms with Crippen molar-refractivity contribution in [3.05, 3.63) is 120 Å². The van der Waals surface area contributed by atoms with Gasteiger partial charge in [0.2, 0.25) is 11.8 Å². The molecule has 1 atom stereocenters. The molecule has 4 amide bonds. The molecule has 0 saturated carbocycles. The highest BCUT2D eigenvalue weighted by Crippen LogP contribution is 2.34. The number of furan rings is 1. The number of rotatable bonds is 10. The fourth-order valence-electron chi connectivity index (χ4n) is 4.37. The van der Waals surface area contributed by atoms with Gasteiger partial charge in [-0.1, -0.05) is 18.2 Å². The Hall–Kier alpha value is -5.42. The van der Waals surface area contributed by atoms with E-state index in [1.54, 1.807) is 85.8 Å². The van der Waals surface area contributed by atoms with Gasteiger partial charge in [0.25, 0.3) is 11.8 Å². The summed E-state index contributed by atoms with van der Waals surface area (Å²) < 4.78 is 10.3. The monoisotopic (exact) mass is 609 g/mol. The largest absolute Gasteiger partial charge is 0.465 e. The minimum Gasteiger partial charge on any atom is -0.465 e. The van der Waals surface area contributed by atoms with Crippen LogP contribution in [0.15, 0.2) is 112 Å². The average Bonchev–Trinajstić information content (AvgIpc) is 3.65. The Morgan fingerprint density at radius 1 is 0.932 bits per heavy atom. The molecule has 222 valence electrons. The lowest BCUT2D eigenvalue weighted by Crippen LogP contribution is -2.31. The maximum absolute atomic E-state index is 13.2. The van der Waals surface area contributed by atoms with Crippen LogP contribution in [0.2, 0.25) is 0 Å². The predicted molar refractivity (Wildman–Crippen MR) is 165 cm³/mol. The molecule has 1 saturated heterocycles. The van der Waals surface area contributed by atoms with E-state index in [9.17, 15) is 24.0 Å². The van der Waals surface area contributed by atoms with Crippen LogP contribution < -0.4 is 15.5 Å². The number of hydrogen-bond donors (Lipinski definition) is 2. The molecule has 10 nitrogen and oxygen atoms in total. The molecular weight excluding hydrogens is 582 g/mol. The second-order valence-corrected chi connectivity index (χ2v) is 10.8. The number of anilines is 2. The van der Waals surface area contributed by atoms with Crippen molar-refractivity contribution >= 4 is 58.8 Å². The summed E-state index contributed by atoms with van der Waals surface area (Å²) in [6, 6.07) is 24.7. The van der Waals surface area contributed by atoms with E-state index >= 15 is 0 Å². The second-order valence-electron chi connectivity index (χ2n) is 9.52. The molecule has 11 heteroatoms. The molecule has 0 radical (unpaired) electrons. The summed E-state index contributed by atoms with van der Waals surface area (Å²) >= 11 is 1.24. The van der Waals surface area contributed by atoms with Crippen molar-refractivity contribution in [3.8, 4) is 0 Å². The topological polar surface area (TPSA) is 135 Å². The molecule has 0 spiro atoms. The van der Waals surface area contributed by atoms with E-state index in [1.165, 1.54) is 36.2 Å². The van der Waals surface area contributed by atoms with Gasteiger partial charge >= 0.3 is 5.97 Å². The van der Waals surface area contributed by atoms with Crippen LogP contribution in [0.1, 0.15) is 39.8 Å². The van der Waals surface area contributed by atoms with E-state index in [0.29, 0.717) is 28.3 Å². The van der Waals surface area contributed by atoms with Crippen molar-refractivity contribution < 1.29 is 33.1 Å². The highest BCUT2D eigenvalue weighted by atomic mass is 32.2. The Balaban J connectivity index is 1.23. The van der Waals surface area contributed by atoms with Gasteiger partial charge in [0.1, 0.15) is 11.5 Å². The van der Waals surface area contributed by atoms with Gasteiger partial charge in [-0.2, -0.15) is 0 Å². The van der Waals surface area contributed by atoms with Gasteiger partial charge < -0.3 is 19.8 Å². The molecule has 0 bridgehead atoms. The Morgan fingerprint density at radius 3 is 2.32 bits per heavy atom. The van der Waals surface area contributed by atoms with Crippen molar-refractivity contribution in [1.82, 2.24) is 5.32 Å². The van der Waals surface area contributed by atoms with Crippen LogP contribution in [0, 0.1) is 0 Å². The van der Waals surface area contributed by atoms with E-state index in [-0.39, 0.29) is 30.5 Å². The molecular formula is C33H27N3O7S. The maximum atomic E-state index is 13.2. The number of carbonyl (C=O) groups is 5. The molecule has 1 fully saturated rings. The van der Waals surface area contributed by atoms with Crippen LogP contribution in [0.25, 0.3) is 6.08 Å². The van der Waals surface area contributed by atoms with Crippen LogP contribution in [-0.2, 0) is 19.1 Å². The third-order valence-corrected chi connectivity index (χ3v) is 7.69. The fourth-order valence-corrected chi connectivity index (χ4v) is 5.42. The van der Waals surface area contributed by atoms with Gasteiger partial charge in [-0.3, -0.25) is 19.2 Å². The zero-order chi connectivity index (χ0) is 31.1. The number of nitrogens with zero attached hydrogens (tertiary/aromatic N) is 1. The average molecular weight is 610 g/mol. The summed E-state index contributed by atoms with van der Waals surface area (Å²) in [6.45, 7) is 1.95. The lowest BCUT2D eigenvalue weighted by Gasteiger charge is -2.15.